The molecule has 1 aromatic rings. The van der Waals surface area contributed by atoms with Crippen LogP contribution < -0.4 is 10.1 Å². The molecule has 3 unspecified atom stereocenters. The fourth-order valence-electron chi connectivity index (χ4n) is 3.40. The van der Waals surface area contributed by atoms with Crippen LogP contribution in [-0.2, 0) is 0 Å². The average Bonchev–Trinajstić information content (AvgIpc) is 2.42. The number of hydrogen-bond acceptors (Lipinski definition) is 2. The summed E-state index contributed by atoms with van der Waals surface area (Å²) in [6.45, 7) is 5.69. The zero-order chi connectivity index (χ0) is 12.4. The summed E-state index contributed by atoms with van der Waals surface area (Å²) < 4.78 is 5.75. The van der Waals surface area contributed by atoms with E-state index in [0.29, 0.717) is 5.92 Å². The molecule has 3 atom stereocenters. The molecule has 0 bridgehead atoms. The standard InChI is InChI=1S/C16H23NO/c1-12-6-8-17-11-14(12)10-13-7-9-18-16-5-3-2-4-15(13)16/h2-5,12-14,17H,6-11H2,1H3. The summed E-state index contributed by atoms with van der Waals surface area (Å²) in [6, 6.07) is 8.58. The molecule has 2 heteroatoms. The van der Waals surface area contributed by atoms with Gasteiger partial charge in [-0.25, -0.2) is 0 Å². The lowest BCUT2D eigenvalue weighted by Gasteiger charge is -2.34. The zero-order valence-corrected chi connectivity index (χ0v) is 11.2. The summed E-state index contributed by atoms with van der Waals surface area (Å²) in [6.07, 6.45) is 3.82. The van der Waals surface area contributed by atoms with Crippen LogP contribution in [0.25, 0.3) is 0 Å². The highest BCUT2D eigenvalue weighted by atomic mass is 16.5. The number of hydrogen-bond donors (Lipinski definition) is 1. The highest BCUT2D eigenvalue weighted by Gasteiger charge is 2.28. The zero-order valence-electron chi connectivity index (χ0n) is 11.2. The first kappa shape index (κ1) is 12.0. The van der Waals surface area contributed by atoms with E-state index in [1.54, 1.807) is 0 Å². The van der Waals surface area contributed by atoms with Crippen molar-refractivity contribution in [3.05, 3.63) is 29.8 Å². The molecule has 1 fully saturated rings. The summed E-state index contributed by atoms with van der Waals surface area (Å²) in [5, 5.41) is 3.55. The fourth-order valence-corrected chi connectivity index (χ4v) is 3.40. The summed E-state index contributed by atoms with van der Waals surface area (Å²) in [5.74, 6) is 3.50. The molecule has 2 nitrogen and oxygen atoms in total. The van der Waals surface area contributed by atoms with E-state index < -0.39 is 0 Å². The Morgan fingerprint density at radius 3 is 3.06 bits per heavy atom. The summed E-state index contributed by atoms with van der Waals surface area (Å²) in [7, 11) is 0. The van der Waals surface area contributed by atoms with Gasteiger partial charge in [-0.1, -0.05) is 25.1 Å². The second-order valence-corrected chi connectivity index (χ2v) is 5.84. The number of fused-ring (bicyclic) bond motifs is 1. The number of rotatable bonds is 2. The van der Waals surface area contributed by atoms with Crippen LogP contribution in [0.2, 0.25) is 0 Å². The highest BCUT2D eigenvalue weighted by Crippen LogP contribution is 2.39. The van der Waals surface area contributed by atoms with Crippen LogP contribution in [0.3, 0.4) is 0 Å². The van der Waals surface area contributed by atoms with Crippen molar-refractivity contribution in [2.75, 3.05) is 19.7 Å². The van der Waals surface area contributed by atoms with Gasteiger partial charge in [0.05, 0.1) is 6.61 Å². The van der Waals surface area contributed by atoms with Crippen LogP contribution in [0.5, 0.6) is 5.75 Å². The quantitative estimate of drug-likeness (QED) is 0.864. The molecule has 98 valence electrons. The SMILES string of the molecule is CC1CCNCC1CC1CCOc2ccccc21. The maximum Gasteiger partial charge on any atom is 0.122 e. The molecule has 0 aliphatic carbocycles. The Kier molecular flexibility index (Phi) is 3.55. The van der Waals surface area contributed by atoms with Gasteiger partial charge in [0.15, 0.2) is 0 Å². The van der Waals surface area contributed by atoms with Crippen molar-refractivity contribution >= 4 is 0 Å². The highest BCUT2D eigenvalue weighted by molar-refractivity contribution is 5.37. The van der Waals surface area contributed by atoms with E-state index in [4.69, 9.17) is 4.74 Å². The first-order chi connectivity index (χ1) is 8.84. The maximum absolute atomic E-state index is 5.75. The molecule has 1 aromatic carbocycles. The molecule has 2 aliphatic rings. The molecule has 3 rings (SSSR count). The molecule has 2 heterocycles. The topological polar surface area (TPSA) is 21.3 Å². The molecule has 2 aliphatic heterocycles. The predicted molar refractivity (Wildman–Crippen MR) is 74.1 cm³/mol. The lowest BCUT2D eigenvalue weighted by molar-refractivity contribution is 0.210. The maximum atomic E-state index is 5.75. The van der Waals surface area contributed by atoms with Gasteiger partial charge in [0.1, 0.15) is 5.75 Å². The molecular weight excluding hydrogens is 222 g/mol. The van der Waals surface area contributed by atoms with Crippen LogP contribution in [0, 0.1) is 11.8 Å². The Hall–Kier alpha value is -1.02. The van der Waals surface area contributed by atoms with Crippen molar-refractivity contribution in [3.8, 4) is 5.75 Å². The second-order valence-electron chi connectivity index (χ2n) is 5.84. The normalized spacial score (nSPS) is 31.5. The van der Waals surface area contributed by atoms with Gasteiger partial charge in [-0.15, -0.1) is 0 Å². The van der Waals surface area contributed by atoms with Gasteiger partial charge >= 0.3 is 0 Å². The number of para-hydroxylation sites is 1. The Morgan fingerprint density at radius 2 is 2.17 bits per heavy atom. The Morgan fingerprint density at radius 1 is 1.28 bits per heavy atom. The summed E-state index contributed by atoms with van der Waals surface area (Å²) in [5.41, 5.74) is 1.43. The molecule has 1 saturated heterocycles. The van der Waals surface area contributed by atoms with E-state index in [1.807, 2.05) is 0 Å². The first-order valence-electron chi connectivity index (χ1n) is 7.27. The molecular formula is C16H23NO. The third-order valence-corrected chi connectivity index (χ3v) is 4.66. The van der Waals surface area contributed by atoms with E-state index in [0.717, 1.165) is 24.2 Å². The smallest absolute Gasteiger partial charge is 0.122 e. The number of piperidine rings is 1. The monoisotopic (exact) mass is 245 g/mol. The van der Waals surface area contributed by atoms with Gasteiger partial charge in [0, 0.05) is 0 Å². The van der Waals surface area contributed by atoms with Gasteiger partial charge in [0.25, 0.3) is 0 Å². The molecule has 0 spiro atoms. The van der Waals surface area contributed by atoms with Crippen molar-refractivity contribution in [1.29, 1.82) is 0 Å². The Labute approximate surface area is 110 Å². The van der Waals surface area contributed by atoms with Crippen LogP contribution >= 0.6 is 0 Å². The Balaban J connectivity index is 1.73. The van der Waals surface area contributed by atoms with Gasteiger partial charge < -0.3 is 10.1 Å². The van der Waals surface area contributed by atoms with E-state index in [9.17, 15) is 0 Å². The minimum Gasteiger partial charge on any atom is -0.493 e. The summed E-state index contributed by atoms with van der Waals surface area (Å²) >= 11 is 0. The number of ether oxygens (including phenoxy) is 1. The molecule has 0 radical (unpaired) electrons. The molecule has 1 N–H and O–H groups in total. The van der Waals surface area contributed by atoms with Crippen molar-refractivity contribution in [3.63, 3.8) is 0 Å². The van der Waals surface area contributed by atoms with E-state index >= 15 is 0 Å². The number of benzene rings is 1. The van der Waals surface area contributed by atoms with Gasteiger partial charge in [0.2, 0.25) is 0 Å². The Bertz CT molecular complexity index is 404. The molecule has 0 aromatic heterocycles. The van der Waals surface area contributed by atoms with Crippen molar-refractivity contribution in [1.82, 2.24) is 5.32 Å². The number of nitrogens with one attached hydrogen (secondary N) is 1. The van der Waals surface area contributed by atoms with Crippen molar-refractivity contribution < 1.29 is 4.74 Å². The lowest BCUT2D eigenvalue weighted by atomic mass is 9.78. The van der Waals surface area contributed by atoms with Gasteiger partial charge in [-0.2, -0.15) is 0 Å². The predicted octanol–water partition coefficient (Wildman–Crippen LogP) is 3.19. The largest absolute Gasteiger partial charge is 0.493 e. The molecule has 0 saturated carbocycles. The first-order valence-corrected chi connectivity index (χ1v) is 7.27. The average molecular weight is 245 g/mol. The third kappa shape index (κ3) is 2.39. The minimum atomic E-state index is 0.697. The van der Waals surface area contributed by atoms with Crippen LogP contribution in [0.1, 0.15) is 37.7 Å². The lowest BCUT2D eigenvalue weighted by Crippen LogP contribution is -2.36. The fraction of sp³-hybridized carbons (Fsp3) is 0.625. The second kappa shape index (κ2) is 5.31. The van der Waals surface area contributed by atoms with Gasteiger partial charge in [-0.3, -0.25) is 0 Å². The molecule has 0 amide bonds. The van der Waals surface area contributed by atoms with Crippen LogP contribution in [-0.4, -0.2) is 19.7 Å². The van der Waals surface area contributed by atoms with E-state index in [-0.39, 0.29) is 0 Å². The van der Waals surface area contributed by atoms with Crippen molar-refractivity contribution in [2.45, 2.75) is 32.1 Å². The minimum absolute atomic E-state index is 0.697. The van der Waals surface area contributed by atoms with Crippen molar-refractivity contribution in [2.24, 2.45) is 11.8 Å². The van der Waals surface area contributed by atoms with Crippen LogP contribution in [0.4, 0.5) is 0 Å². The summed E-state index contributed by atoms with van der Waals surface area (Å²) in [4.78, 5) is 0. The molecule has 18 heavy (non-hydrogen) atoms. The van der Waals surface area contributed by atoms with E-state index in [2.05, 4.69) is 36.5 Å². The van der Waals surface area contributed by atoms with Crippen LogP contribution in [0.15, 0.2) is 24.3 Å². The third-order valence-electron chi connectivity index (χ3n) is 4.66. The van der Waals surface area contributed by atoms with E-state index in [1.165, 1.54) is 37.9 Å². The van der Waals surface area contributed by atoms with Gasteiger partial charge in [-0.05, 0) is 61.7 Å².